The van der Waals surface area contributed by atoms with Crippen LogP contribution in [-0.4, -0.2) is 25.4 Å². The Balaban J connectivity index is 1.75. The third kappa shape index (κ3) is 7.77. The predicted molar refractivity (Wildman–Crippen MR) is 72.4 cm³/mol. The van der Waals surface area contributed by atoms with Crippen LogP contribution in [0.5, 0.6) is 0 Å². The van der Waals surface area contributed by atoms with Crippen molar-refractivity contribution in [2.24, 2.45) is 0 Å². The van der Waals surface area contributed by atoms with Crippen LogP contribution in [0.15, 0.2) is 0 Å². The van der Waals surface area contributed by atoms with Crippen LogP contribution in [0.3, 0.4) is 0 Å². The van der Waals surface area contributed by atoms with E-state index >= 15 is 0 Å². The normalized spacial score (nSPS) is 24.4. The van der Waals surface area contributed by atoms with Crippen molar-refractivity contribution in [3.05, 3.63) is 0 Å². The monoisotopic (exact) mass is 242 g/mol. The molecule has 1 aliphatic rings. The molecule has 0 spiro atoms. The summed E-state index contributed by atoms with van der Waals surface area (Å²) in [6.45, 7) is 6.14. The molecule has 0 N–H and O–H groups in total. The van der Waals surface area contributed by atoms with Gasteiger partial charge in [0.05, 0.1) is 18.8 Å². The van der Waals surface area contributed by atoms with Crippen LogP contribution in [0, 0.1) is 0 Å². The molecule has 0 aromatic rings. The Labute approximate surface area is 107 Å². The Kier molecular flexibility index (Phi) is 8.72. The molecule has 0 aliphatic carbocycles. The molecule has 2 atom stereocenters. The van der Waals surface area contributed by atoms with Crippen molar-refractivity contribution in [2.45, 2.75) is 83.8 Å². The molecule has 1 rings (SSSR count). The van der Waals surface area contributed by atoms with Gasteiger partial charge in [0.25, 0.3) is 0 Å². The van der Waals surface area contributed by atoms with Gasteiger partial charge in [-0.2, -0.15) is 0 Å². The minimum Gasteiger partial charge on any atom is -0.379 e. The average molecular weight is 242 g/mol. The van der Waals surface area contributed by atoms with E-state index in [9.17, 15) is 0 Å². The van der Waals surface area contributed by atoms with E-state index in [1.54, 1.807) is 0 Å². The standard InChI is InChI=1S/C15H30O2/c1-3-4-5-6-7-8-9-12-16-13-15-11-10-14(2)17-15/h14-15H,3-13H2,1-2H3. The molecular formula is C15H30O2. The number of unbranched alkanes of at least 4 members (excludes halogenated alkanes) is 6. The Morgan fingerprint density at radius 2 is 1.71 bits per heavy atom. The summed E-state index contributed by atoms with van der Waals surface area (Å²) in [6.07, 6.45) is 12.7. The lowest BCUT2D eigenvalue weighted by molar-refractivity contribution is -0.00989. The van der Waals surface area contributed by atoms with Gasteiger partial charge in [-0.05, 0) is 26.2 Å². The van der Waals surface area contributed by atoms with E-state index in [0.29, 0.717) is 12.2 Å². The smallest absolute Gasteiger partial charge is 0.0813 e. The molecule has 2 heteroatoms. The van der Waals surface area contributed by atoms with Crippen molar-refractivity contribution in [3.8, 4) is 0 Å². The fraction of sp³-hybridized carbons (Fsp3) is 1.00. The lowest BCUT2D eigenvalue weighted by Crippen LogP contribution is -2.16. The van der Waals surface area contributed by atoms with Crippen LogP contribution in [0.2, 0.25) is 0 Å². The predicted octanol–water partition coefficient (Wildman–Crippen LogP) is 4.32. The van der Waals surface area contributed by atoms with Crippen molar-refractivity contribution in [1.29, 1.82) is 0 Å². The summed E-state index contributed by atoms with van der Waals surface area (Å²) in [5.74, 6) is 0. The van der Waals surface area contributed by atoms with Crippen LogP contribution in [0.1, 0.15) is 71.6 Å². The highest BCUT2D eigenvalue weighted by atomic mass is 16.5. The van der Waals surface area contributed by atoms with Gasteiger partial charge in [0, 0.05) is 6.61 Å². The second-order valence-corrected chi connectivity index (χ2v) is 5.34. The molecule has 0 aromatic carbocycles. The second kappa shape index (κ2) is 9.90. The summed E-state index contributed by atoms with van der Waals surface area (Å²) < 4.78 is 11.4. The van der Waals surface area contributed by atoms with Gasteiger partial charge >= 0.3 is 0 Å². The van der Waals surface area contributed by atoms with Crippen LogP contribution in [0.25, 0.3) is 0 Å². The van der Waals surface area contributed by atoms with Crippen LogP contribution in [0.4, 0.5) is 0 Å². The maximum atomic E-state index is 5.71. The third-order valence-electron chi connectivity index (χ3n) is 3.52. The highest BCUT2D eigenvalue weighted by molar-refractivity contribution is 4.69. The van der Waals surface area contributed by atoms with Crippen LogP contribution in [-0.2, 0) is 9.47 Å². The van der Waals surface area contributed by atoms with Crippen molar-refractivity contribution >= 4 is 0 Å². The molecule has 2 unspecified atom stereocenters. The van der Waals surface area contributed by atoms with E-state index in [1.165, 1.54) is 57.8 Å². The highest BCUT2D eigenvalue weighted by Crippen LogP contribution is 2.19. The Hall–Kier alpha value is -0.0800. The molecule has 0 amide bonds. The summed E-state index contributed by atoms with van der Waals surface area (Å²) in [5, 5.41) is 0. The number of ether oxygens (including phenoxy) is 2. The summed E-state index contributed by atoms with van der Waals surface area (Å²) in [7, 11) is 0. The number of hydrogen-bond donors (Lipinski definition) is 0. The largest absolute Gasteiger partial charge is 0.379 e. The van der Waals surface area contributed by atoms with E-state index in [0.717, 1.165) is 13.2 Å². The molecule has 1 saturated heterocycles. The lowest BCUT2D eigenvalue weighted by atomic mass is 10.1. The SMILES string of the molecule is CCCCCCCCCOCC1CCC(C)O1. The van der Waals surface area contributed by atoms with E-state index in [4.69, 9.17) is 9.47 Å². The minimum absolute atomic E-state index is 0.370. The van der Waals surface area contributed by atoms with E-state index in [2.05, 4.69) is 13.8 Å². The summed E-state index contributed by atoms with van der Waals surface area (Å²) in [6, 6.07) is 0. The van der Waals surface area contributed by atoms with E-state index in [1.807, 2.05) is 0 Å². The highest BCUT2D eigenvalue weighted by Gasteiger charge is 2.21. The number of rotatable bonds is 10. The first-order chi connectivity index (χ1) is 8.33. The zero-order valence-electron chi connectivity index (χ0n) is 11.7. The average Bonchev–Trinajstić information content (AvgIpc) is 2.73. The van der Waals surface area contributed by atoms with Gasteiger partial charge in [0.15, 0.2) is 0 Å². The summed E-state index contributed by atoms with van der Waals surface area (Å²) in [5.41, 5.74) is 0. The van der Waals surface area contributed by atoms with Gasteiger partial charge in [0.1, 0.15) is 0 Å². The topological polar surface area (TPSA) is 18.5 Å². The van der Waals surface area contributed by atoms with E-state index < -0.39 is 0 Å². The first-order valence-corrected chi connectivity index (χ1v) is 7.56. The number of hydrogen-bond acceptors (Lipinski definition) is 2. The van der Waals surface area contributed by atoms with E-state index in [-0.39, 0.29) is 0 Å². The molecule has 1 fully saturated rings. The fourth-order valence-corrected chi connectivity index (χ4v) is 2.38. The first kappa shape index (κ1) is 15.0. The molecule has 1 aliphatic heterocycles. The van der Waals surface area contributed by atoms with Crippen LogP contribution >= 0.6 is 0 Å². The molecule has 0 aromatic heterocycles. The van der Waals surface area contributed by atoms with Crippen molar-refractivity contribution < 1.29 is 9.47 Å². The van der Waals surface area contributed by atoms with Crippen molar-refractivity contribution in [3.63, 3.8) is 0 Å². The minimum atomic E-state index is 0.370. The Morgan fingerprint density at radius 3 is 2.35 bits per heavy atom. The maximum absolute atomic E-state index is 5.71. The lowest BCUT2D eigenvalue weighted by Gasteiger charge is -2.11. The molecule has 17 heavy (non-hydrogen) atoms. The molecule has 0 saturated carbocycles. The van der Waals surface area contributed by atoms with Gasteiger partial charge in [-0.3, -0.25) is 0 Å². The van der Waals surface area contributed by atoms with Gasteiger partial charge < -0.3 is 9.47 Å². The van der Waals surface area contributed by atoms with Crippen molar-refractivity contribution in [1.82, 2.24) is 0 Å². The maximum Gasteiger partial charge on any atom is 0.0813 e. The zero-order chi connectivity index (χ0) is 12.3. The first-order valence-electron chi connectivity index (χ1n) is 7.56. The Bertz CT molecular complexity index is 170. The fourth-order valence-electron chi connectivity index (χ4n) is 2.38. The molecule has 0 bridgehead atoms. The molecule has 102 valence electrons. The van der Waals surface area contributed by atoms with Gasteiger partial charge in [-0.25, -0.2) is 0 Å². The zero-order valence-corrected chi connectivity index (χ0v) is 11.7. The summed E-state index contributed by atoms with van der Waals surface area (Å²) in [4.78, 5) is 0. The summed E-state index contributed by atoms with van der Waals surface area (Å²) >= 11 is 0. The third-order valence-corrected chi connectivity index (χ3v) is 3.52. The Morgan fingerprint density at radius 1 is 1.00 bits per heavy atom. The molecule has 2 nitrogen and oxygen atoms in total. The van der Waals surface area contributed by atoms with Gasteiger partial charge in [-0.15, -0.1) is 0 Å². The quantitative estimate of drug-likeness (QED) is 0.531. The van der Waals surface area contributed by atoms with Crippen molar-refractivity contribution in [2.75, 3.05) is 13.2 Å². The van der Waals surface area contributed by atoms with Gasteiger partial charge in [-0.1, -0.05) is 45.4 Å². The second-order valence-electron chi connectivity index (χ2n) is 5.34. The van der Waals surface area contributed by atoms with Gasteiger partial charge in [0.2, 0.25) is 0 Å². The molecule has 0 radical (unpaired) electrons. The van der Waals surface area contributed by atoms with Crippen LogP contribution < -0.4 is 0 Å². The molecular weight excluding hydrogens is 212 g/mol. The molecule has 1 heterocycles.